The molecule has 0 amide bonds. The molecule has 0 radical (unpaired) electrons. The van der Waals surface area contributed by atoms with Crippen LogP contribution in [0.25, 0.3) is 0 Å². The number of benzene rings is 1. The van der Waals surface area contributed by atoms with E-state index in [1.807, 2.05) is 0 Å². The minimum atomic E-state index is -3.17. The molecule has 1 aromatic rings. The van der Waals surface area contributed by atoms with Gasteiger partial charge in [0.25, 0.3) is 0 Å². The van der Waals surface area contributed by atoms with Gasteiger partial charge in [-0.2, -0.15) is 0 Å². The van der Waals surface area contributed by atoms with Gasteiger partial charge in [0, 0.05) is 19.1 Å². The summed E-state index contributed by atoms with van der Waals surface area (Å²) in [5.41, 5.74) is 0.191. The van der Waals surface area contributed by atoms with Crippen molar-refractivity contribution in [1.82, 2.24) is 9.62 Å². The van der Waals surface area contributed by atoms with E-state index in [0.717, 1.165) is 19.2 Å². The molecular weight excluding hydrogens is 308 g/mol. The Balaban J connectivity index is 1.76. The number of ether oxygens (including phenoxy) is 1. The lowest BCUT2D eigenvalue weighted by molar-refractivity contribution is 0.0696. The monoisotopic (exact) mass is 328 g/mol. The van der Waals surface area contributed by atoms with Crippen molar-refractivity contribution in [3.63, 3.8) is 0 Å². The van der Waals surface area contributed by atoms with E-state index in [9.17, 15) is 13.2 Å². The maximum atomic E-state index is 11.2. The molecule has 0 saturated carbocycles. The van der Waals surface area contributed by atoms with Crippen molar-refractivity contribution in [3.8, 4) is 5.75 Å². The molecule has 0 aliphatic carbocycles. The highest BCUT2D eigenvalue weighted by atomic mass is 32.2. The largest absolute Gasteiger partial charge is 0.492 e. The third-order valence-electron chi connectivity index (χ3n) is 3.41. The average Bonchev–Trinajstić information content (AvgIpc) is 2.84. The third-order valence-corrected chi connectivity index (χ3v) is 4.17. The standard InChI is InChI=1S/C14H20N2O5S/c1-22(19,20)15-12-5-6-16(10-12)7-8-21-13-4-2-3-11(9-13)14(17)18/h2-4,9,12,15H,5-8,10H2,1H3,(H,17,18). The Morgan fingerprint density at radius 2 is 2.27 bits per heavy atom. The van der Waals surface area contributed by atoms with Crippen molar-refractivity contribution in [1.29, 1.82) is 0 Å². The molecule has 0 bridgehead atoms. The predicted octanol–water partition coefficient (Wildman–Crippen LogP) is 0.387. The molecule has 1 heterocycles. The first-order valence-electron chi connectivity index (χ1n) is 6.99. The normalized spacial score (nSPS) is 19.2. The molecule has 1 fully saturated rings. The number of nitrogens with one attached hydrogen (secondary N) is 1. The van der Waals surface area contributed by atoms with Gasteiger partial charge in [-0.05, 0) is 31.2 Å². The van der Waals surface area contributed by atoms with Crippen LogP contribution in [0, 0.1) is 0 Å². The average molecular weight is 328 g/mol. The second-order valence-electron chi connectivity index (χ2n) is 5.36. The first-order chi connectivity index (χ1) is 10.3. The SMILES string of the molecule is CS(=O)(=O)NC1CCN(CCOc2cccc(C(=O)O)c2)C1. The molecule has 2 rings (SSSR count). The van der Waals surface area contributed by atoms with Crippen LogP contribution < -0.4 is 9.46 Å². The van der Waals surface area contributed by atoms with E-state index in [1.165, 1.54) is 12.1 Å². The van der Waals surface area contributed by atoms with E-state index >= 15 is 0 Å². The van der Waals surface area contributed by atoms with E-state index in [2.05, 4.69) is 9.62 Å². The number of aromatic carboxylic acids is 1. The Bertz CT molecular complexity index is 632. The number of carbonyl (C=O) groups is 1. The first-order valence-corrected chi connectivity index (χ1v) is 8.88. The summed E-state index contributed by atoms with van der Waals surface area (Å²) < 4.78 is 30.5. The summed E-state index contributed by atoms with van der Waals surface area (Å²) in [5.74, 6) is -0.468. The number of carboxylic acid groups (broad SMARTS) is 1. The molecule has 2 N–H and O–H groups in total. The molecule has 1 aliphatic heterocycles. The fraction of sp³-hybridized carbons (Fsp3) is 0.500. The Morgan fingerprint density at radius 3 is 2.95 bits per heavy atom. The number of carboxylic acids is 1. The van der Waals surface area contributed by atoms with E-state index in [-0.39, 0.29) is 11.6 Å². The zero-order valence-corrected chi connectivity index (χ0v) is 13.2. The lowest BCUT2D eigenvalue weighted by Crippen LogP contribution is -2.37. The summed E-state index contributed by atoms with van der Waals surface area (Å²) >= 11 is 0. The Hall–Kier alpha value is -1.64. The molecule has 1 aliphatic rings. The maximum Gasteiger partial charge on any atom is 0.335 e. The van der Waals surface area contributed by atoms with Gasteiger partial charge < -0.3 is 9.84 Å². The van der Waals surface area contributed by atoms with Crippen molar-refractivity contribution < 1.29 is 23.1 Å². The van der Waals surface area contributed by atoms with Gasteiger partial charge in [-0.15, -0.1) is 0 Å². The second-order valence-corrected chi connectivity index (χ2v) is 7.14. The van der Waals surface area contributed by atoms with Crippen LogP contribution in [0.5, 0.6) is 5.75 Å². The van der Waals surface area contributed by atoms with E-state index < -0.39 is 16.0 Å². The molecule has 122 valence electrons. The number of sulfonamides is 1. The Labute approximate surface area is 129 Å². The van der Waals surface area contributed by atoms with Gasteiger partial charge in [-0.25, -0.2) is 17.9 Å². The lowest BCUT2D eigenvalue weighted by Gasteiger charge is -2.16. The van der Waals surface area contributed by atoms with Crippen LogP contribution in [0.15, 0.2) is 24.3 Å². The number of hydrogen-bond acceptors (Lipinski definition) is 5. The number of nitrogens with zero attached hydrogens (tertiary/aromatic N) is 1. The molecule has 1 unspecified atom stereocenters. The van der Waals surface area contributed by atoms with Crippen LogP contribution in [0.2, 0.25) is 0 Å². The zero-order chi connectivity index (χ0) is 16.2. The van der Waals surface area contributed by atoms with Crippen molar-refractivity contribution >= 4 is 16.0 Å². The van der Waals surface area contributed by atoms with Gasteiger partial charge in [-0.3, -0.25) is 4.90 Å². The highest BCUT2D eigenvalue weighted by Gasteiger charge is 2.24. The van der Waals surface area contributed by atoms with Gasteiger partial charge in [0.15, 0.2) is 0 Å². The topological polar surface area (TPSA) is 95.9 Å². The predicted molar refractivity (Wildman–Crippen MR) is 81.7 cm³/mol. The van der Waals surface area contributed by atoms with Crippen molar-refractivity contribution in [2.45, 2.75) is 12.5 Å². The highest BCUT2D eigenvalue weighted by molar-refractivity contribution is 7.88. The number of likely N-dealkylation sites (tertiary alicyclic amines) is 1. The molecule has 0 aromatic heterocycles. The number of hydrogen-bond donors (Lipinski definition) is 2. The highest BCUT2D eigenvalue weighted by Crippen LogP contribution is 2.14. The molecule has 22 heavy (non-hydrogen) atoms. The molecule has 8 heteroatoms. The van der Waals surface area contributed by atoms with Gasteiger partial charge in [0.2, 0.25) is 10.0 Å². The van der Waals surface area contributed by atoms with Gasteiger partial charge in [0.05, 0.1) is 11.8 Å². The summed E-state index contributed by atoms with van der Waals surface area (Å²) in [6, 6.07) is 6.30. The maximum absolute atomic E-state index is 11.2. The molecule has 1 atom stereocenters. The van der Waals surface area contributed by atoms with Crippen LogP contribution >= 0.6 is 0 Å². The van der Waals surface area contributed by atoms with Crippen molar-refractivity contribution in [2.24, 2.45) is 0 Å². The quantitative estimate of drug-likeness (QED) is 0.751. The Morgan fingerprint density at radius 1 is 1.50 bits per heavy atom. The van der Waals surface area contributed by atoms with Crippen LogP contribution in [0.4, 0.5) is 0 Å². The van der Waals surface area contributed by atoms with Gasteiger partial charge >= 0.3 is 5.97 Å². The summed E-state index contributed by atoms with van der Waals surface area (Å²) in [6.07, 6.45) is 1.94. The summed E-state index contributed by atoms with van der Waals surface area (Å²) in [7, 11) is -3.17. The molecule has 0 spiro atoms. The Kier molecular flexibility index (Phi) is 5.38. The van der Waals surface area contributed by atoms with Crippen LogP contribution in [-0.4, -0.2) is 62.9 Å². The molecule has 1 aromatic carbocycles. The molecule has 7 nitrogen and oxygen atoms in total. The van der Waals surface area contributed by atoms with Crippen molar-refractivity contribution in [3.05, 3.63) is 29.8 Å². The minimum absolute atomic E-state index is 0.0506. The van der Waals surface area contributed by atoms with Crippen LogP contribution in [0.1, 0.15) is 16.8 Å². The third kappa shape index (κ3) is 5.28. The summed E-state index contributed by atoms with van der Waals surface area (Å²) in [5, 5.41) is 8.91. The fourth-order valence-electron chi connectivity index (χ4n) is 2.45. The van der Waals surface area contributed by atoms with E-state index in [0.29, 0.717) is 25.4 Å². The van der Waals surface area contributed by atoms with Crippen molar-refractivity contribution in [2.75, 3.05) is 32.5 Å². The van der Waals surface area contributed by atoms with Gasteiger partial charge in [0.1, 0.15) is 12.4 Å². The summed E-state index contributed by atoms with van der Waals surface area (Å²) in [4.78, 5) is 13.0. The summed E-state index contributed by atoms with van der Waals surface area (Å²) in [6.45, 7) is 2.56. The smallest absolute Gasteiger partial charge is 0.335 e. The second kappa shape index (κ2) is 7.08. The van der Waals surface area contributed by atoms with Gasteiger partial charge in [-0.1, -0.05) is 6.07 Å². The minimum Gasteiger partial charge on any atom is -0.492 e. The first kappa shape index (κ1) is 16.7. The molecule has 1 saturated heterocycles. The van der Waals surface area contributed by atoms with Crippen LogP contribution in [0.3, 0.4) is 0 Å². The molecular formula is C14H20N2O5S. The zero-order valence-electron chi connectivity index (χ0n) is 12.4. The lowest BCUT2D eigenvalue weighted by atomic mass is 10.2. The van der Waals surface area contributed by atoms with E-state index in [4.69, 9.17) is 9.84 Å². The number of rotatable bonds is 7. The van der Waals surface area contributed by atoms with E-state index in [1.54, 1.807) is 12.1 Å². The fourth-order valence-corrected chi connectivity index (χ4v) is 3.24. The van der Waals surface area contributed by atoms with Crippen LogP contribution in [-0.2, 0) is 10.0 Å².